The third-order valence-electron chi connectivity index (χ3n) is 8.84. The Bertz CT molecular complexity index is 2430. The van der Waals surface area contributed by atoms with Crippen LogP contribution in [0.15, 0.2) is 128 Å². The first-order chi connectivity index (χ1) is 27.7. The number of rotatable bonds is 6. The summed E-state index contributed by atoms with van der Waals surface area (Å²) in [6.45, 7) is 5.80. The molecule has 6 rings (SSSR count). The number of benzene rings is 3. The number of aryl methyl sites for hydroxylation is 7. The summed E-state index contributed by atoms with van der Waals surface area (Å²) < 4.78 is 84.2. The lowest BCUT2D eigenvalue weighted by atomic mass is 9.94. The summed E-state index contributed by atoms with van der Waals surface area (Å²) in [7, 11) is 5.75. The molecule has 0 saturated heterocycles. The maximum atomic E-state index is 8.40. The fraction of sp³-hybridized carbons (Fsp3) is 0.298. The Morgan fingerprint density at radius 3 is 1.62 bits per heavy atom. The van der Waals surface area contributed by atoms with Crippen molar-refractivity contribution in [2.24, 2.45) is 21.1 Å². The van der Waals surface area contributed by atoms with Crippen LogP contribution in [0.25, 0.3) is 33.8 Å². The smallest absolute Gasteiger partial charge is 0.201 e. The molecule has 0 saturated carbocycles. The predicted molar refractivity (Wildman–Crippen MR) is 211 cm³/mol. The summed E-state index contributed by atoms with van der Waals surface area (Å²) in [6, 6.07) is 34.7. The second-order valence-corrected chi connectivity index (χ2v) is 12.6. The lowest BCUT2D eigenvalue weighted by Gasteiger charge is -2.11. The lowest BCUT2D eigenvalue weighted by molar-refractivity contribution is -0.660. The molecule has 3 aromatic heterocycles. The van der Waals surface area contributed by atoms with Gasteiger partial charge in [0.25, 0.3) is 0 Å². The summed E-state index contributed by atoms with van der Waals surface area (Å²) in [6.07, 6.45) is 4.30. The van der Waals surface area contributed by atoms with Gasteiger partial charge in [0, 0.05) is 65.8 Å². The highest BCUT2D eigenvalue weighted by atomic mass is 14.9. The molecule has 50 heavy (non-hydrogen) atoms. The predicted octanol–water partition coefficient (Wildman–Crippen LogP) is 10.3. The van der Waals surface area contributed by atoms with Gasteiger partial charge in [-0.3, -0.25) is 0 Å². The molecule has 0 amide bonds. The number of aromatic nitrogens is 3. The third-order valence-corrected chi connectivity index (χ3v) is 8.84. The van der Waals surface area contributed by atoms with Gasteiger partial charge in [-0.25, -0.2) is 13.7 Å². The molecule has 0 spiro atoms. The molecule has 0 bridgehead atoms. The molecule has 258 valence electrons. The van der Waals surface area contributed by atoms with Crippen LogP contribution in [0.3, 0.4) is 0 Å². The lowest BCUT2D eigenvalue weighted by Crippen LogP contribution is -2.32. The molecule has 6 aromatic rings. The van der Waals surface area contributed by atoms with Crippen LogP contribution in [-0.4, -0.2) is 0 Å². The van der Waals surface area contributed by atoms with Crippen molar-refractivity contribution in [2.45, 2.75) is 73.4 Å². The second-order valence-electron chi connectivity index (χ2n) is 12.6. The van der Waals surface area contributed by atoms with Crippen LogP contribution in [0.1, 0.15) is 93.4 Å². The molecule has 3 heterocycles. The van der Waals surface area contributed by atoms with Crippen LogP contribution in [0.4, 0.5) is 0 Å². The Hall–Kier alpha value is -4.89. The Morgan fingerprint density at radius 1 is 0.580 bits per heavy atom. The Balaban J connectivity index is 0.000000199. The molecule has 3 heteroatoms. The van der Waals surface area contributed by atoms with E-state index in [1.807, 2.05) is 152 Å². The van der Waals surface area contributed by atoms with Crippen molar-refractivity contribution < 1.29 is 27.4 Å². The van der Waals surface area contributed by atoms with Gasteiger partial charge in [-0.05, 0) is 91.5 Å². The summed E-state index contributed by atoms with van der Waals surface area (Å²) in [5.41, 5.74) is 10.8. The zero-order valence-electron chi connectivity index (χ0n) is 41.0. The van der Waals surface area contributed by atoms with Gasteiger partial charge >= 0.3 is 0 Å². The van der Waals surface area contributed by atoms with Gasteiger partial charge in [-0.1, -0.05) is 89.1 Å². The number of pyridine rings is 3. The highest BCUT2D eigenvalue weighted by molar-refractivity contribution is 5.65. The Kier molecular flexibility index (Phi) is 9.19. The fourth-order valence-electron chi connectivity index (χ4n) is 6.01. The van der Waals surface area contributed by atoms with Crippen LogP contribution in [0.5, 0.6) is 0 Å². The zero-order chi connectivity index (χ0) is 45.0. The van der Waals surface area contributed by atoms with Crippen molar-refractivity contribution in [3.63, 3.8) is 0 Å². The monoisotopic (exact) mass is 675 g/mol. The quantitative estimate of drug-likeness (QED) is 0.156. The van der Waals surface area contributed by atoms with Gasteiger partial charge in [0.2, 0.25) is 17.1 Å². The van der Waals surface area contributed by atoms with E-state index in [0.29, 0.717) is 11.1 Å². The molecule has 3 nitrogen and oxygen atoms in total. The van der Waals surface area contributed by atoms with E-state index >= 15 is 0 Å². The molecule has 0 aliphatic heterocycles. The van der Waals surface area contributed by atoms with Gasteiger partial charge in [0.15, 0.2) is 18.6 Å². The van der Waals surface area contributed by atoms with Gasteiger partial charge in [0.05, 0.1) is 0 Å². The number of hydrogen-bond donors (Lipinski definition) is 0. The van der Waals surface area contributed by atoms with Crippen LogP contribution in [0, 0.1) is 20.8 Å². The number of nitrogens with zero attached hydrogens (tertiary/aromatic N) is 3. The molecule has 2 unspecified atom stereocenters. The average Bonchev–Trinajstić information content (AvgIpc) is 3.15. The zero-order valence-corrected chi connectivity index (χ0v) is 31.0. The van der Waals surface area contributed by atoms with E-state index in [0.717, 1.165) is 56.0 Å². The van der Waals surface area contributed by atoms with Crippen LogP contribution < -0.4 is 13.7 Å². The Morgan fingerprint density at radius 2 is 1.08 bits per heavy atom. The minimum Gasteiger partial charge on any atom is -0.201 e. The van der Waals surface area contributed by atoms with E-state index in [2.05, 4.69) is 13.0 Å². The van der Waals surface area contributed by atoms with E-state index in [-0.39, 0.29) is 0 Å². The molecule has 0 N–H and O–H groups in total. The molecule has 0 fully saturated rings. The maximum Gasteiger partial charge on any atom is 0.215 e. The topological polar surface area (TPSA) is 11.6 Å². The van der Waals surface area contributed by atoms with Crippen molar-refractivity contribution in [1.29, 1.82) is 0 Å². The molecule has 0 aliphatic carbocycles. The summed E-state index contributed by atoms with van der Waals surface area (Å²) in [5.74, 6) is -3.29. The average molecular weight is 675 g/mol. The maximum absolute atomic E-state index is 8.40. The van der Waals surface area contributed by atoms with Crippen molar-refractivity contribution in [2.75, 3.05) is 0 Å². The molecular weight excluding hydrogens is 607 g/mol. The third kappa shape index (κ3) is 9.21. The summed E-state index contributed by atoms with van der Waals surface area (Å²) in [4.78, 5) is 0. The van der Waals surface area contributed by atoms with Crippen molar-refractivity contribution in [1.82, 2.24) is 0 Å². The first-order valence-electron chi connectivity index (χ1n) is 21.9. The molecular formula is C47H58N3+3. The fourth-order valence-corrected chi connectivity index (χ4v) is 6.01. The first kappa shape index (κ1) is 26.0. The van der Waals surface area contributed by atoms with Crippen molar-refractivity contribution in [3.8, 4) is 33.8 Å². The van der Waals surface area contributed by atoms with E-state index in [1.165, 1.54) is 13.8 Å². The van der Waals surface area contributed by atoms with Crippen molar-refractivity contribution >= 4 is 0 Å². The van der Waals surface area contributed by atoms with E-state index < -0.39 is 31.9 Å². The first-order valence-corrected chi connectivity index (χ1v) is 16.9. The Labute approximate surface area is 316 Å². The largest absolute Gasteiger partial charge is 0.215 e. The highest BCUT2D eigenvalue weighted by Crippen LogP contribution is 2.28. The summed E-state index contributed by atoms with van der Waals surface area (Å²) in [5, 5.41) is 0. The van der Waals surface area contributed by atoms with Gasteiger partial charge < -0.3 is 0 Å². The normalized spacial score (nSPS) is 16.8. The van der Waals surface area contributed by atoms with Crippen LogP contribution >= 0.6 is 0 Å². The van der Waals surface area contributed by atoms with E-state index in [4.69, 9.17) is 13.7 Å². The summed E-state index contributed by atoms with van der Waals surface area (Å²) >= 11 is 0. The number of hydrogen-bond acceptors (Lipinski definition) is 0. The second kappa shape index (κ2) is 17.7. The van der Waals surface area contributed by atoms with E-state index in [1.54, 1.807) is 25.1 Å². The van der Waals surface area contributed by atoms with Gasteiger partial charge in [-0.15, -0.1) is 0 Å². The molecule has 0 radical (unpaired) electrons. The van der Waals surface area contributed by atoms with Crippen LogP contribution in [-0.2, 0) is 27.5 Å². The molecule has 3 aromatic carbocycles. The molecule has 2 atom stereocenters. The van der Waals surface area contributed by atoms with Gasteiger partial charge in [0.1, 0.15) is 21.1 Å². The van der Waals surface area contributed by atoms with Gasteiger partial charge in [-0.2, -0.15) is 0 Å². The minimum absolute atomic E-state index is 0.499. The highest BCUT2D eigenvalue weighted by Gasteiger charge is 2.19. The van der Waals surface area contributed by atoms with Crippen LogP contribution in [0.2, 0.25) is 0 Å². The molecule has 0 aliphatic rings. The van der Waals surface area contributed by atoms with Crippen molar-refractivity contribution in [3.05, 3.63) is 161 Å². The standard InChI is InChI=1S/2C16H20N.C15H18N/c1-12(2)14-10-7-11-17(4)16(14)15-9-6-5-8-13(15)3;1-12(2)14-9-10-17(4)16(11-14)15-8-6-5-7-13(15)3;1-4-13-9-7-11-16(3)15(13)14-10-6-5-8-12(14)2/h2*5-12H,1-4H3;5-11H,4H2,1-3H3/q3*+1/i2*1D3,12D;4D2. The van der Waals surface area contributed by atoms with E-state index in [9.17, 15) is 0 Å². The minimum atomic E-state index is -2.39. The SMILES string of the molecule is [2H]C([2H])(C)c1ccc[n+](C)c1-c1ccccc1C.[2H]C([2H])([2H])C([2H])(C)c1cc[n+](C)c(-c2ccccc2C)c1.[2H]C([2H])([2H])C([2H])(C)c1ccc[n+](C)c1-c1ccccc1C.